The molecule has 1 N–H and O–H groups in total. The summed E-state index contributed by atoms with van der Waals surface area (Å²) < 4.78 is 5.22. The molecule has 2 rings (SSSR count). The van der Waals surface area contributed by atoms with Crippen molar-refractivity contribution in [2.45, 2.75) is 0 Å². The molecule has 13 heavy (non-hydrogen) atoms. The third-order valence-corrected chi connectivity index (χ3v) is 2.13. The summed E-state index contributed by atoms with van der Waals surface area (Å²) in [5.41, 5.74) is 0.927. The lowest BCUT2D eigenvalue weighted by Gasteiger charge is -2.28. The van der Waals surface area contributed by atoms with Crippen LogP contribution in [0.25, 0.3) is 0 Å². The van der Waals surface area contributed by atoms with Crippen LogP contribution in [0.15, 0.2) is 23.1 Å². The number of hydrogen-bond donors (Lipinski definition) is 1. The fourth-order valence-electron chi connectivity index (χ4n) is 1.45. The molecule has 0 aromatic carbocycles. The normalized spacial score (nSPS) is 17.4. The van der Waals surface area contributed by atoms with Crippen LogP contribution >= 0.6 is 0 Å². The van der Waals surface area contributed by atoms with Crippen molar-refractivity contribution in [3.63, 3.8) is 0 Å². The lowest BCUT2D eigenvalue weighted by molar-refractivity contribution is 0.122. The van der Waals surface area contributed by atoms with Crippen LogP contribution in [0.5, 0.6) is 0 Å². The molecule has 0 atom stereocenters. The maximum atomic E-state index is 11.0. The summed E-state index contributed by atoms with van der Waals surface area (Å²) in [5, 5.41) is 0. The minimum atomic E-state index is -0.0519. The van der Waals surface area contributed by atoms with Crippen LogP contribution in [-0.4, -0.2) is 31.3 Å². The first-order chi connectivity index (χ1) is 6.36. The van der Waals surface area contributed by atoms with E-state index in [1.807, 2.05) is 6.07 Å². The summed E-state index contributed by atoms with van der Waals surface area (Å²) >= 11 is 0. The average Bonchev–Trinajstić information content (AvgIpc) is 2.19. The number of ether oxygens (including phenoxy) is 1. The van der Waals surface area contributed by atoms with E-state index in [1.54, 1.807) is 12.3 Å². The van der Waals surface area contributed by atoms with Crippen molar-refractivity contribution in [1.82, 2.24) is 4.98 Å². The van der Waals surface area contributed by atoms with Crippen LogP contribution in [0.2, 0.25) is 0 Å². The number of rotatable bonds is 1. The van der Waals surface area contributed by atoms with E-state index in [9.17, 15) is 4.79 Å². The molecule has 1 aromatic heterocycles. The Hall–Kier alpha value is -1.29. The standard InChI is InChI=1S/C9H12N2O2/c12-9-7-8(1-2-10-9)11-3-5-13-6-4-11/h1-2,7H,3-6H2,(H,10,12). The molecule has 0 amide bonds. The fraction of sp³-hybridized carbons (Fsp3) is 0.444. The third kappa shape index (κ3) is 1.89. The van der Waals surface area contributed by atoms with Gasteiger partial charge in [-0.15, -0.1) is 0 Å². The summed E-state index contributed by atoms with van der Waals surface area (Å²) in [6.45, 7) is 3.21. The van der Waals surface area contributed by atoms with Gasteiger partial charge in [0, 0.05) is 31.0 Å². The highest BCUT2D eigenvalue weighted by Crippen LogP contribution is 2.11. The second-order valence-corrected chi connectivity index (χ2v) is 3.01. The molecule has 0 saturated carbocycles. The molecule has 0 spiro atoms. The maximum absolute atomic E-state index is 11.0. The number of morpholine rings is 1. The molecular weight excluding hydrogens is 168 g/mol. The molecule has 1 aliphatic rings. The molecule has 0 radical (unpaired) electrons. The van der Waals surface area contributed by atoms with Gasteiger partial charge in [-0.1, -0.05) is 0 Å². The quantitative estimate of drug-likeness (QED) is 0.672. The molecule has 0 aliphatic carbocycles. The average molecular weight is 180 g/mol. The van der Waals surface area contributed by atoms with Gasteiger partial charge in [0.2, 0.25) is 5.56 Å². The highest BCUT2D eigenvalue weighted by Gasteiger charge is 2.10. The van der Waals surface area contributed by atoms with Gasteiger partial charge in [0.05, 0.1) is 13.2 Å². The molecular formula is C9H12N2O2. The minimum Gasteiger partial charge on any atom is -0.378 e. The first-order valence-corrected chi connectivity index (χ1v) is 4.38. The number of aromatic nitrogens is 1. The van der Waals surface area contributed by atoms with Crippen molar-refractivity contribution >= 4 is 5.69 Å². The van der Waals surface area contributed by atoms with E-state index in [0.717, 1.165) is 32.0 Å². The monoisotopic (exact) mass is 180 g/mol. The summed E-state index contributed by atoms with van der Waals surface area (Å²) in [6.07, 6.45) is 1.67. The van der Waals surface area contributed by atoms with Gasteiger partial charge in [-0.3, -0.25) is 4.79 Å². The van der Waals surface area contributed by atoms with E-state index in [2.05, 4.69) is 9.88 Å². The second-order valence-electron chi connectivity index (χ2n) is 3.01. The highest BCUT2D eigenvalue weighted by molar-refractivity contribution is 5.44. The summed E-state index contributed by atoms with van der Waals surface area (Å²) in [4.78, 5) is 15.8. The first kappa shape index (κ1) is 8.31. The predicted octanol–water partition coefficient (Wildman–Crippen LogP) is 0.211. The number of H-pyrrole nitrogens is 1. The number of nitrogens with zero attached hydrogens (tertiary/aromatic N) is 1. The SMILES string of the molecule is O=c1cc(N2CCOCC2)cc[nH]1. The van der Waals surface area contributed by atoms with Gasteiger partial charge in [0.25, 0.3) is 0 Å². The zero-order valence-electron chi connectivity index (χ0n) is 7.32. The largest absolute Gasteiger partial charge is 0.378 e. The van der Waals surface area contributed by atoms with E-state index >= 15 is 0 Å². The number of nitrogens with one attached hydrogen (secondary N) is 1. The molecule has 1 saturated heterocycles. The van der Waals surface area contributed by atoms with Crippen molar-refractivity contribution in [3.05, 3.63) is 28.7 Å². The zero-order chi connectivity index (χ0) is 9.10. The lowest BCUT2D eigenvalue weighted by atomic mass is 10.3. The molecule has 2 heterocycles. The van der Waals surface area contributed by atoms with E-state index in [-0.39, 0.29) is 5.56 Å². The molecule has 0 bridgehead atoms. The second kappa shape index (κ2) is 3.62. The number of hydrogen-bond acceptors (Lipinski definition) is 3. The fourth-order valence-corrected chi connectivity index (χ4v) is 1.45. The first-order valence-electron chi connectivity index (χ1n) is 4.38. The van der Waals surface area contributed by atoms with Gasteiger partial charge in [0.15, 0.2) is 0 Å². The van der Waals surface area contributed by atoms with Crippen molar-refractivity contribution < 1.29 is 4.74 Å². The van der Waals surface area contributed by atoms with Crippen LogP contribution in [0, 0.1) is 0 Å². The minimum absolute atomic E-state index is 0.0519. The van der Waals surface area contributed by atoms with Crippen molar-refractivity contribution in [2.24, 2.45) is 0 Å². The van der Waals surface area contributed by atoms with Crippen molar-refractivity contribution in [3.8, 4) is 0 Å². The van der Waals surface area contributed by atoms with E-state index in [0.29, 0.717) is 0 Å². The van der Waals surface area contributed by atoms with Gasteiger partial charge in [-0.2, -0.15) is 0 Å². The molecule has 4 heteroatoms. The Morgan fingerprint density at radius 3 is 2.85 bits per heavy atom. The summed E-state index contributed by atoms with van der Waals surface area (Å²) in [7, 11) is 0. The highest BCUT2D eigenvalue weighted by atomic mass is 16.5. The van der Waals surface area contributed by atoms with Crippen molar-refractivity contribution in [2.75, 3.05) is 31.2 Å². The Labute approximate surface area is 76.1 Å². The summed E-state index contributed by atoms with van der Waals surface area (Å²) in [6, 6.07) is 3.53. The lowest BCUT2D eigenvalue weighted by Crippen LogP contribution is -2.36. The van der Waals surface area contributed by atoms with Crippen LogP contribution < -0.4 is 10.5 Å². The number of anilines is 1. The van der Waals surface area contributed by atoms with E-state index in [1.165, 1.54) is 0 Å². The molecule has 1 aliphatic heterocycles. The van der Waals surface area contributed by atoms with E-state index in [4.69, 9.17) is 4.74 Å². The maximum Gasteiger partial charge on any atom is 0.249 e. The predicted molar refractivity (Wildman–Crippen MR) is 50.1 cm³/mol. The molecule has 70 valence electrons. The number of aromatic amines is 1. The Morgan fingerprint density at radius 2 is 2.15 bits per heavy atom. The smallest absolute Gasteiger partial charge is 0.249 e. The Kier molecular flexibility index (Phi) is 2.31. The third-order valence-electron chi connectivity index (χ3n) is 2.13. The Bertz CT molecular complexity index is 328. The Balaban J connectivity index is 2.19. The zero-order valence-corrected chi connectivity index (χ0v) is 7.32. The van der Waals surface area contributed by atoms with Crippen LogP contribution in [-0.2, 0) is 4.74 Å². The van der Waals surface area contributed by atoms with E-state index < -0.39 is 0 Å². The molecule has 1 fully saturated rings. The van der Waals surface area contributed by atoms with Crippen LogP contribution in [0.4, 0.5) is 5.69 Å². The van der Waals surface area contributed by atoms with Crippen LogP contribution in [0.3, 0.4) is 0 Å². The molecule has 1 aromatic rings. The number of pyridine rings is 1. The summed E-state index contributed by atoms with van der Waals surface area (Å²) in [5.74, 6) is 0. The van der Waals surface area contributed by atoms with Gasteiger partial charge in [-0.25, -0.2) is 0 Å². The van der Waals surface area contributed by atoms with Gasteiger partial charge >= 0.3 is 0 Å². The molecule has 0 unspecified atom stereocenters. The van der Waals surface area contributed by atoms with Gasteiger partial charge in [0.1, 0.15) is 0 Å². The topological polar surface area (TPSA) is 45.3 Å². The van der Waals surface area contributed by atoms with Crippen molar-refractivity contribution in [1.29, 1.82) is 0 Å². The molecule has 4 nitrogen and oxygen atoms in total. The van der Waals surface area contributed by atoms with Crippen LogP contribution in [0.1, 0.15) is 0 Å². The van der Waals surface area contributed by atoms with Gasteiger partial charge < -0.3 is 14.6 Å². The van der Waals surface area contributed by atoms with Gasteiger partial charge in [-0.05, 0) is 6.07 Å². The Morgan fingerprint density at radius 1 is 1.38 bits per heavy atom.